The summed E-state index contributed by atoms with van der Waals surface area (Å²) in [6, 6.07) is 12.7. The molecule has 0 bridgehead atoms. The van der Waals surface area contributed by atoms with Crippen LogP contribution in [-0.2, 0) is 4.79 Å². The summed E-state index contributed by atoms with van der Waals surface area (Å²) < 4.78 is 5.47. The van der Waals surface area contributed by atoms with E-state index in [1.165, 1.54) is 0 Å². The Balaban J connectivity index is 1.95. The Hall–Kier alpha value is -3.07. The third-order valence-electron chi connectivity index (χ3n) is 2.92. The van der Waals surface area contributed by atoms with E-state index in [1.807, 2.05) is 12.1 Å². The number of nitrogens with one attached hydrogen (secondary N) is 2. The first-order valence-corrected chi connectivity index (χ1v) is 6.78. The topological polar surface area (TPSA) is 87.0 Å². The van der Waals surface area contributed by atoms with E-state index in [0.29, 0.717) is 30.2 Å². The van der Waals surface area contributed by atoms with Crippen molar-refractivity contribution in [3.05, 3.63) is 48.2 Å². The number of benzene rings is 1. The van der Waals surface area contributed by atoms with Crippen molar-refractivity contribution in [1.82, 2.24) is 10.3 Å². The van der Waals surface area contributed by atoms with E-state index in [-0.39, 0.29) is 5.91 Å². The molecule has 6 heteroatoms. The molecule has 0 saturated carbocycles. The lowest BCUT2D eigenvalue weighted by molar-refractivity contribution is -0.121. The fourth-order valence-corrected chi connectivity index (χ4v) is 1.75. The van der Waals surface area contributed by atoms with Gasteiger partial charge in [-0.15, -0.1) is 0 Å². The van der Waals surface area contributed by atoms with Crippen molar-refractivity contribution in [2.45, 2.75) is 6.42 Å². The van der Waals surface area contributed by atoms with Crippen molar-refractivity contribution in [2.75, 3.05) is 19.0 Å². The number of pyridine rings is 1. The predicted molar refractivity (Wildman–Crippen MR) is 82.9 cm³/mol. The molecule has 0 unspecified atom stereocenters. The minimum atomic E-state index is -0.0579. The Labute approximate surface area is 128 Å². The minimum Gasteiger partial charge on any atom is -0.493 e. The maximum Gasteiger partial charge on any atom is 0.223 e. The van der Waals surface area contributed by atoms with Gasteiger partial charge in [-0.25, -0.2) is 4.98 Å². The fourth-order valence-electron chi connectivity index (χ4n) is 1.75. The third kappa shape index (κ3) is 4.21. The van der Waals surface area contributed by atoms with E-state index in [0.717, 1.165) is 5.69 Å². The predicted octanol–water partition coefficient (Wildman–Crippen LogP) is 2.21. The SMILES string of the molecule is CNC(=O)CCOc1ccc(Nc2ncccc2C#N)cc1. The molecule has 0 fully saturated rings. The van der Waals surface area contributed by atoms with E-state index >= 15 is 0 Å². The van der Waals surface area contributed by atoms with Gasteiger partial charge in [0.1, 0.15) is 17.6 Å². The molecule has 0 saturated heterocycles. The van der Waals surface area contributed by atoms with Gasteiger partial charge in [0, 0.05) is 18.9 Å². The van der Waals surface area contributed by atoms with Crippen LogP contribution in [0.1, 0.15) is 12.0 Å². The summed E-state index contributed by atoms with van der Waals surface area (Å²) in [6.45, 7) is 0.325. The molecule has 6 nitrogen and oxygen atoms in total. The number of ether oxygens (including phenoxy) is 1. The average Bonchev–Trinajstić information content (AvgIpc) is 2.56. The standard InChI is InChI=1S/C16H16N4O2/c1-18-15(21)8-10-22-14-6-4-13(5-7-14)20-16-12(11-17)3-2-9-19-16/h2-7,9H,8,10H2,1H3,(H,18,21)(H,19,20). The van der Waals surface area contributed by atoms with Crippen molar-refractivity contribution >= 4 is 17.4 Å². The molecule has 0 spiro atoms. The lowest BCUT2D eigenvalue weighted by atomic mass is 10.2. The van der Waals surface area contributed by atoms with Gasteiger partial charge in [0.05, 0.1) is 18.6 Å². The molecule has 1 aromatic carbocycles. The van der Waals surface area contributed by atoms with Crippen LogP contribution in [0, 0.1) is 11.3 Å². The minimum absolute atomic E-state index is 0.0579. The molecular weight excluding hydrogens is 280 g/mol. The molecule has 0 aliphatic carbocycles. The van der Waals surface area contributed by atoms with E-state index in [1.54, 1.807) is 37.5 Å². The Morgan fingerprint density at radius 3 is 2.77 bits per heavy atom. The lowest BCUT2D eigenvalue weighted by Gasteiger charge is -2.09. The highest BCUT2D eigenvalue weighted by atomic mass is 16.5. The Kier molecular flexibility index (Phi) is 5.32. The monoisotopic (exact) mass is 296 g/mol. The second-order valence-electron chi connectivity index (χ2n) is 4.43. The average molecular weight is 296 g/mol. The number of rotatable bonds is 6. The smallest absolute Gasteiger partial charge is 0.223 e. The van der Waals surface area contributed by atoms with Crippen molar-refractivity contribution in [3.8, 4) is 11.8 Å². The molecule has 1 amide bonds. The molecule has 0 atom stereocenters. The quantitative estimate of drug-likeness (QED) is 0.853. The van der Waals surface area contributed by atoms with Gasteiger partial charge in [0.2, 0.25) is 5.91 Å². The maximum atomic E-state index is 11.1. The van der Waals surface area contributed by atoms with Gasteiger partial charge in [-0.05, 0) is 36.4 Å². The van der Waals surface area contributed by atoms with Gasteiger partial charge in [-0.1, -0.05) is 0 Å². The number of aromatic nitrogens is 1. The van der Waals surface area contributed by atoms with E-state index in [4.69, 9.17) is 10.00 Å². The second kappa shape index (κ2) is 7.64. The Morgan fingerprint density at radius 2 is 2.09 bits per heavy atom. The first-order chi connectivity index (χ1) is 10.7. The van der Waals surface area contributed by atoms with Crippen LogP contribution < -0.4 is 15.4 Å². The number of carbonyl (C=O) groups is 1. The van der Waals surface area contributed by atoms with Gasteiger partial charge in [-0.3, -0.25) is 4.79 Å². The van der Waals surface area contributed by atoms with Crippen molar-refractivity contribution in [1.29, 1.82) is 5.26 Å². The van der Waals surface area contributed by atoms with Gasteiger partial charge < -0.3 is 15.4 Å². The third-order valence-corrected chi connectivity index (χ3v) is 2.92. The maximum absolute atomic E-state index is 11.1. The van der Waals surface area contributed by atoms with Crippen LogP contribution in [0.3, 0.4) is 0 Å². The zero-order valence-corrected chi connectivity index (χ0v) is 12.2. The van der Waals surface area contributed by atoms with Gasteiger partial charge in [-0.2, -0.15) is 5.26 Å². The lowest BCUT2D eigenvalue weighted by Crippen LogP contribution is -2.20. The molecule has 1 aromatic heterocycles. The summed E-state index contributed by atoms with van der Waals surface area (Å²) >= 11 is 0. The summed E-state index contributed by atoms with van der Waals surface area (Å²) in [5, 5.41) is 14.6. The number of carbonyl (C=O) groups excluding carboxylic acids is 1. The van der Waals surface area contributed by atoms with E-state index in [9.17, 15) is 4.79 Å². The summed E-state index contributed by atoms with van der Waals surface area (Å²) in [5.41, 5.74) is 1.28. The molecule has 0 radical (unpaired) electrons. The number of nitriles is 1. The van der Waals surface area contributed by atoms with Crippen LogP contribution >= 0.6 is 0 Å². The van der Waals surface area contributed by atoms with Crippen LogP contribution in [0.4, 0.5) is 11.5 Å². The molecule has 2 aromatic rings. The summed E-state index contributed by atoms with van der Waals surface area (Å²) in [7, 11) is 1.59. The largest absolute Gasteiger partial charge is 0.493 e. The number of nitrogens with zero attached hydrogens (tertiary/aromatic N) is 2. The zero-order valence-electron chi connectivity index (χ0n) is 12.2. The number of anilines is 2. The van der Waals surface area contributed by atoms with Crippen molar-refractivity contribution < 1.29 is 9.53 Å². The highest BCUT2D eigenvalue weighted by Crippen LogP contribution is 2.20. The number of amides is 1. The molecule has 0 aliphatic rings. The van der Waals surface area contributed by atoms with Crippen LogP contribution in [-0.4, -0.2) is 24.5 Å². The Bertz CT molecular complexity index is 677. The van der Waals surface area contributed by atoms with Gasteiger partial charge in [0.15, 0.2) is 0 Å². The highest BCUT2D eigenvalue weighted by Gasteiger charge is 2.03. The summed E-state index contributed by atoms with van der Waals surface area (Å²) in [6.07, 6.45) is 1.94. The highest BCUT2D eigenvalue weighted by molar-refractivity contribution is 5.75. The van der Waals surface area contributed by atoms with Crippen molar-refractivity contribution in [3.63, 3.8) is 0 Å². The fraction of sp³-hybridized carbons (Fsp3) is 0.188. The number of hydrogen-bond acceptors (Lipinski definition) is 5. The van der Waals surface area contributed by atoms with Crippen LogP contribution in [0.15, 0.2) is 42.6 Å². The summed E-state index contributed by atoms with van der Waals surface area (Å²) in [5.74, 6) is 1.13. The molecular formula is C16H16N4O2. The van der Waals surface area contributed by atoms with E-state index < -0.39 is 0 Å². The van der Waals surface area contributed by atoms with Crippen molar-refractivity contribution in [2.24, 2.45) is 0 Å². The molecule has 0 aliphatic heterocycles. The second-order valence-corrected chi connectivity index (χ2v) is 4.43. The van der Waals surface area contributed by atoms with Gasteiger partial charge >= 0.3 is 0 Å². The zero-order chi connectivity index (χ0) is 15.8. The molecule has 22 heavy (non-hydrogen) atoms. The van der Waals surface area contributed by atoms with Crippen LogP contribution in [0.25, 0.3) is 0 Å². The Morgan fingerprint density at radius 1 is 1.32 bits per heavy atom. The number of hydrogen-bond donors (Lipinski definition) is 2. The molecule has 1 heterocycles. The van der Waals surface area contributed by atoms with Crippen LogP contribution in [0.2, 0.25) is 0 Å². The van der Waals surface area contributed by atoms with E-state index in [2.05, 4.69) is 21.7 Å². The first-order valence-electron chi connectivity index (χ1n) is 6.78. The van der Waals surface area contributed by atoms with Crippen LogP contribution in [0.5, 0.6) is 5.75 Å². The molecule has 2 rings (SSSR count). The molecule has 112 valence electrons. The summed E-state index contributed by atoms with van der Waals surface area (Å²) in [4.78, 5) is 15.2. The first kappa shape index (κ1) is 15.3. The normalized spacial score (nSPS) is 9.64. The molecule has 2 N–H and O–H groups in total. The van der Waals surface area contributed by atoms with Gasteiger partial charge in [0.25, 0.3) is 0 Å².